The molecule has 0 saturated heterocycles. The lowest BCUT2D eigenvalue weighted by atomic mass is 10.1. The third kappa shape index (κ3) is 3.74. The van der Waals surface area contributed by atoms with Gasteiger partial charge < -0.3 is 19.4 Å². The van der Waals surface area contributed by atoms with Crippen LogP contribution in [0.1, 0.15) is 40.3 Å². The Labute approximate surface area is 169 Å². The maximum atomic E-state index is 13.0. The van der Waals surface area contributed by atoms with Gasteiger partial charge in [-0.15, -0.1) is 0 Å². The molecule has 29 heavy (non-hydrogen) atoms. The highest BCUT2D eigenvalue weighted by molar-refractivity contribution is 6.10. The van der Waals surface area contributed by atoms with Gasteiger partial charge in [0.1, 0.15) is 11.5 Å². The van der Waals surface area contributed by atoms with Gasteiger partial charge in [0.05, 0.1) is 17.5 Å². The highest BCUT2D eigenvalue weighted by Crippen LogP contribution is 2.39. The van der Waals surface area contributed by atoms with Gasteiger partial charge in [0.25, 0.3) is 11.8 Å². The van der Waals surface area contributed by atoms with E-state index in [1.54, 1.807) is 41.5 Å². The van der Waals surface area contributed by atoms with E-state index in [-0.39, 0.29) is 17.9 Å². The molecule has 4 rings (SSSR count). The molecule has 1 N–H and O–H groups in total. The van der Waals surface area contributed by atoms with Crippen molar-refractivity contribution in [1.29, 1.82) is 0 Å². The van der Waals surface area contributed by atoms with Gasteiger partial charge in [-0.3, -0.25) is 9.59 Å². The lowest BCUT2D eigenvalue weighted by Crippen LogP contribution is -2.34. The Balaban J connectivity index is 1.60. The van der Waals surface area contributed by atoms with Crippen LogP contribution < -0.4 is 15.0 Å². The maximum Gasteiger partial charge on any atom is 0.262 e. The van der Waals surface area contributed by atoms with Crippen LogP contribution in [-0.4, -0.2) is 24.4 Å². The largest absolute Gasteiger partial charge is 0.469 e. The van der Waals surface area contributed by atoms with Crippen molar-refractivity contribution in [2.75, 3.05) is 11.4 Å². The molecule has 0 aliphatic carbocycles. The molecule has 2 amide bonds. The van der Waals surface area contributed by atoms with Crippen molar-refractivity contribution in [1.82, 2.24) is 5.32 Å². The van der Waals surface area contributed by atoms with Crippen molar-refractivity contribution in [3.8, 4) is 11.5 Å². The molecule has 0 radical (unpaired) electrons. The van der Waals surface area contributed by atoms with Gasteiger partial charge in [-0.1, -0.05) is 12.1 Å². The Bertz CT molecular complexity index is 1040. The second-order valence-electron chi connectivity index (χ2n) is 6.99. The molecule has 0 spiro atoms. The second kappa shape index (κ2) is 7.83. The molecule has 1 aliphatic rings. The molecule has 2 aromatic carbocycles. The zero-order valence-electron chi connectivity index (χ0n) is 16.3. The van der Waals surface area contributed by atoms with E-state index in [4.69, 9.17) is 9.15 Å². The Hall–Kier alpha value is -3.54. The first-order chi connectivity index (χ1) is 14.1. The minimum atomic E-state index is -0.211. The summed E-state index contributed by atoms with van der Waals surface area (Å²) in [5, 5.41) is 2.97. The van der Waals surface area contributed by atoms with Crippen LogP contribution >= 0.6 is 0 Å². The number of fused-ring (bicyclic) bond motifs is 2. The average molecular weight is 390 g/mol. The number of hydrogen-bond acceptors (Lipinski definition) is 4. The van der Waals surface area contributed by atoms with Crippen LogP contribution in [0.15, 0.2) is 65.3 Å². The lowest BCUT2D eigenvalue weighted by Gasteiger charge is -2.21. The predicted octanol–water partition coefficient (Wildman–Crippen LogP) is 4.41. The predicted molar refractivity (Wildman–Crippen MR) is 110 cm³/mol. The fraction of sp³-hybridized carbons (Fsp3) is 0.217. The van der Waals surface area contributed by atoms with Crippen LogP contribution in [0.25, 0.3) is 0 Å². The third-order valence-corrected chi connectivity index (χ3v) is 4.88. The number of furan rings is 1. The minimum absolute atomic E-state index is 0.100. The van der Waals surface area contributed by atoms with Crippen molar-refractivity contribution >= 4 is 17.5 Å². The molecule has 1 aliphatic heterocycles. The summed E-state index contributed by atoms with van der Waals surface area (Å²) in [7, 11) is 0. The molecule has 1 atom stereocenters. The fourth-order valence-electron chi connectivity index (χ4n) is 3.46. The number of para-hydroxylation sites is 1. The first kappa shape index (κ1) is 18.8. The van der Waals surface area contributed by atoms with Crippen LogP contribution in [0.3, 0.4) is 0 Å². The van der Waals surface area contributed by atoms with E-state index < -0.39 is 0 Å². The van der Waals surface area contributed by atoms with Gasteiger partial charge in [0.2, 0.25) is 0 Å². The summed E-state index contributed by atoms with van der Waals surface area (Å²) >= 11 is 0. The van der Waals surface area contributed by atoms with Crippen LogP contribution in [-0.2, 0) is 6.42 Å². The van der Waals surface area contributed by atoms with Gasteiger partial charge in [0, 0.05) is 24.6 Å². The average Bonchev–Trinajstić information content (AvgIpc) is 3.18. The number of benzene rings is 2. The van der Waals surface area contributed by atoms with E-state index in [1.807, 2.05) is 38.1 Å². The smallest absolute Gasteiger partial charge is 0.262 e. The summed E-state index contributed by atoms with van der Waals surface area (Å²) < 4.78 is 11.3. The number of carbonyl (C=O) groups excluding carboxylic acids is 2. The standard InChI is InChI=1S/C23H22N2O4/c1-3-25-19-14-16(22(26)24-15(2)13-17-7-6-12-28-17)10-11-21(19)29-20-9-5-4-8-18(20)23(25)27/h4-12,14-15H,3,13H2,1-2H3,(H,24,26)/t15-/m0/s1. The molecular formula is C23H22N2O4. The number of anilines is 1. The van der Waals surface area contributed by atoms with E-state index in [2.05, 4.69) is 5.32 Å². The molecule has 6 nitrogen and oxygen atoms in total. The minimum Gasteiger partial charge on any atom is -0.469 e. The summed E-state index contributed by atoms with van der Waals surface area (Å²) in [6.45, 7) is 4.28. The van der Waals surface area contributed by atoms with E-state index in [9.17, 15) is 9.59 Å². The van der Waals surface area contributed by atoms with Gasteiger partial charge in [0.15, 0.2) is 5.75 Å². The first-order valence-electron chi connectivity index (χ1n) is 9.63. The van der Waals surface area contributed by atoms with Gasteiger partial charge in [-0.25, -0.2) is 0 Å². The van der Waals surface area contributed by atoms with E-state index in [0.717, 1.165) is 5.76 Å². The molecule has 3 aromatic rings. The van der Waals surface area contributed by atoms with Crippen molar-refractivity contribution in [2.45, 2.75) is 26.3 Å². The topological polar surface area (TPSA) is 71.8 Å². The molecule has 0 bridgehead atoms. The SMILES string of the molecule is CCN1C(=O)c2ccccc2Oc2ccc(C(=O)N[C@@H](C)Cc3ccco3)cc21. The number of rotatable bonds is 5. The van der Waals surface area contributed by atoms with E-state index >= 15 is 0 Å². The molecule has 2 heterocycles. The van der Waals surface area contributed by atoms with Crippen molar-refractivity contribution < 1.29 is 18.7 Å². The Morgan fingerprint density at radius 2 is 1.93 bits per heavy atom. The third-order valence-electron chi connectivity index (χ3n) is 4.88. The summed E-state index contributed by atoms with van der Waals surface area (Å²) in [6.07, 6.45) is 2.21. The number of ether oxygens (including phenoxy) is 1. The fourth-order valence-corrected chi connectivity index (χ4v) is 3.46. The quantitative estimate of drug-likeness (QED) is 0.700. The highest BCUT2D eigenvalue weighted by atomic mass is 16.5. The maximum absolute atomic E-state index is 13.0. The number of hydrogen-bond donors (Lipinski definition) is 1. The van der Waals surface area contributed by atoms with Gasteiger partial charge in [-0.2, -0.15) is 0 Å². The number of amides is 2. The Morgan fingerprint density at radius 1 is 1.10 bits per heavy atom. The summed E-state index contributed by atoms with van der Waals surface area (Å²) in [4.78, 5) is 27.4. The molecule has 148 valence electrons. The monoisotopic (exact) mass is 390 g/mol. The lowest BCUT2D eigenvalue weighted by molar-refractivity contribution is 0.0937. The molecule has 6 heteroatoms. The normalized spacial score (nSPS) is 13.7. The summed E-state index contributed by atoms with van der Waals surface area (Å²) in [5.74, 6) is 1.51. The molecular weight excluding hydrogens is 368 g/mol. The number of nitrogens with one attached hydrogen (secondary N) is 1. The number of carbonyl (C=O) groups is 2. The zero-order valence-corrected chi connectivity index (χ0v) is 16.3. The molecule has 0 unspecified atom stereocenters. The van der Waals surface area contributed by atoms with Gasteiger partial charge >= 0.3 is 0 Å². The van der Waals surface area contributed by atoms with E-state index in [1.165, 1.54) is 0 Å². The van der Waals surface area contributed by atoms with Crippen LogP contribution in [0.4, 0.5) is 5.69 Å². The molecule has 0 saturated carbocycles. The highest BCUT2D eigenvalue weighted by Gasteiger charge is 2.28. The Kier molecular flexibility index (Phi) is 5.08. The second-order valence-corrected chi connectivity index (χ2v) is 6.99. The van der Waals surface area contributed by atoms with Crippen molar-refractivity contribution in [3.63, 3.8) is 0 Å². The van der Waals surface area contributed by atoms with Crippen molar-refractivity contribution in [2.24, 2.45) is 0 Å². The van der Waals surface area contributed by atoms with E-state index in [0.29, 0.717) is 41.3 Å². The van der Waals surface area contributed by atoms with Crippen molar-refractivity contribution in [3.05, 3.63) is 77.7 Å². The zero-order chi connectivity index (χ0) is 20.4. The number of nitrogens with zero attached hydrogens (tertiary/aromatic N) is 1. The summed E-state index contributed by atoms with van der Waals surface area (Å²) in [6, 6.07) is 15.9. The van der Waals surface area contributed by atoms with Crippen LogP contribution in [0.5, 0.6) is 11.5 Å². The Morgan fingerprint density at radius 3 is 2.69 bits per heavy atom. The first-order valence-corrected chi connectivity index (χ1v) is 9.63. The van der Waals surface area contributed by atoms with Crippen LogP contribution in [0.2, 0.25) is 0 Å². The van der Waals surface area contributed by atoms with Crippen LogP contribution in [0, 0.1) is 0 Å². The summed E-state index contributed by atoms with van der Waals surface area (Å²) in [5.41, 5.74) is 1.56. The molecule has 0 fully saturated rings. The van der Waals surface area contributed by atoms with Gasteiger partial charge in [-0.05, 0) is 56.3 Å². The molecule has 1 aromatic heterocycles.